The van der Waals surface area contributed by atoms with Gasteiger partial charge in [0.1, 0.15) is 0 Å². The van der Waals surface area contributed by atoms with Gasteiger partial charge >= 0.3 is 0 Å². The van der Waals surface area contributed by atoms with Crippen LogP contribution in [-0.2, 0) is 6.54 Å². The number of benzene rings is 2. The molecule has 0 saturated heterocycles. The molecule has 0 fully saturated rings. The number of rotatable bonds is 3. The summed E-state index contributed by atoms with van der Waals surface area (Å²) in [6.07, 6.45) is 0. The molecule has 0 aliphatic carbocycles. The van der Waals surface area contributed by atoms with E-state index in [1.54, 1.807) is 0 Å². The zero-order chi connectivity index (χ0) is 13.1. The van der Waals surface area contributed by atoms with Crippen LogP contribution < -0.4 is 5.32 Å². The zero-order valence-corrected chi connectivity index (χ0v) is 13.6. The van der Waals surface area contributed by atoms with Crippen LogP contribution in [0.4, 0.5) is 5.69 Å². The van der Waals surface area contributed by atoms with E-state index >= 15 is 0 Å². The van der Waals surface area contributed by atoms with Crippen LogP contribution in [0.3, 0.4) is 0 Å². The molecule has 0 radical (unpaired) electrons. The normalized spacial score (nSPS) is 10.4. The molecule has 0 saturated carbocycles. The molecule has 2 aromatic carbocycles. The smallest absolute Gasteiger partial charge is 0.0487 e. The summed E-state index contributed by atoms with van der Waals surface area (Å²) in [4.78, 5) is 0. The predicted octanol–water partition coefficient (Wildman–Crippen LogP) is 5.44. The number of anilines is 1. The van der Waals surface area contributed by atoms with Crippen molar-refractivity contribution in [3.63, 3.8) is 0 Å². The molecule has 0 unspecified atom stereocenters. The van der Waals surface area contributed by atoms with Crippen LogP contribution in [0.5, 0.6) is 0 Å². The second-order valence-corrected chi connectivity index (χ2v) is 6.13. The zero-order valence-electron chi connectivity index (χ0n) is 10.4. The van der Waals surface area contributed by atoms with E-state index in [1.807, 2.05) is 0 Å². The number of halogens is 2. The van der Waals surface area contributed by atoms with Crippen LogP contribution >= 0.6 is 31.9 Å². The summed E-state index contributed by atoms with van der Waals surface area (Å²) in [6, 6.07) is 12.8. The molecule has 1 nitrogen and oxygen atoms in total. The molecule has 2 aromatic rings. The Balaban J connectivity index is 2.09. The van der Waals surface area contributed by atoms with Crippen molar-refractivity contribution in [1.29, 1.82) is 0 Å². The first-order chi connectivity index (χ1) is 8.56. The fourth-order valence-corrected chi connectivity index (χ4v) is 2.77. The van der Waals surface area contributed by atoms with Crippen LogP contribution in [-0.4, -0.2) is 0 Å². The van der Waals surface area contributed by atoms with Gasteiger partial charge in [-0.3, -0.25) is 0 Å². The van der Waals surface area contributed by atoms with Gasteiger partial charge in [0.25, 0.3) is 0 Å². The molecule has 0 spiro atoms. The molecular weight excluding hydrogens is 354 g/mol. The molecule has 0 atom stereocenters. The maximum atomic E-state index is 3.57. The minimum Gasteiger partial charge on any atom is -0.380 e. The summed E-state index contributed by atoms with van der Waals surface area (Å²) in [5.41, 5.74) is 4.90. The SMILES string of the molecule is Cc1ccc(NCc2ccc(C)c(Br)c2)c(Br)c1. The summed E-state index contributed by atoms with van der Waals surface area (Å²) in [5.74, 6) is 0. The van der Waals surface area contributed by atoms with Crippen LogP contribution in [0.1, 0.15) is 16.7 Å². The first-order valence-electron chi connectivity index (χ1n) is 5.81. The summed E-state index contributed by atoms with van der Waals surface area (Å²) in [5, 5.41) is 3.44. The highest BCUT2D eigenvalue weighted by atomic mass is 79.9. The molecule has 1 N–H and O–H groups in total. The third kappa shape index (κ3) is 3.36. The molecule has 18 heavy (non-hydrogen) atoms. The first kappa shape index (κ1) is 13.6. The first-order valence-corrected chi connectivity index (χ1v) is 7.40. The molecule has 0 amide bonds. The standard InChI is InChI=1S/C15H15Br2N/c1-10-3-6-15(14(17)7-10)18-9-12-5-4-11(2)13(16)8-12/h3-8,18H,9H2,1-2H3. The molecule has 3 heteroatoms. The Labute approximate surface area is 125 Å². The quantitative estimate of drug-likeness (QED) is 0.760. The Bertz CT molecular complexity index is 564. The average Bonchev–Trinajstić information content (AvgIpc) is 2.32. The number of hydrogen-bond donors (Lipinski definition) is 1. The summed E-state index contributed by atoms with van der Waals surface area (Å²) in [6.45, 7) is 5.00. The van der Waals surface area contributed by atoms with Crippen molar-refractivity contribution >= 4 is 37.5 Å². The maximum absolute atomic E-state index is 3.57. The van der Waals surface area contributed by atoms with Gasteiger partial charge in [0.2, 0.25) is 0 Å². The summed E-state index contributed by atoms with van der Waals surface area (Å²) >= 11 is 7.13. The van der Waals surface area contributed by atoms with E-state index in [-0.39, 0.29) is 0 Å². The summed E-state index contributed by atoms with van der Waals surface area (Å²) in [7, 11) is 0. The highest BCUT2D eigenvalue weighted by Crippen LogP contribution is 2.24. The lowest BCUT2D eigenvalue weighted by Gasteiger charge is -2.10. The van der Waals surface area contributed by atoms with Gasteiger partial charge in [-0.2, -0.15) is 0 Å². The molecule has 0 bridgehead atoms. The van der Waals surface area contributed by atoms with Crippen LogP contribution in [0.2, 0.25) is 0 Å². The van der Waals surface area contributed by atoms with E-state index in [2.05, 4.69) is 87.4 Å². The van der Waals surface area contributed by atoms with Crippen LogP contribution in [0.25, 0.3) is 0 Å². The van der Waals surface area contributed by atoms with E-state index < -0.39 is 0 Å². The van der Waals surface area contributed by atoms with Crippen molar-refractivity contribution in [3.05, 3.63) is 62.0 Å². The predicted molar refractivity (Wildman–Crippen MR) is 85.1 cm³/mol. The molecule has 2 rings (SSSR count). The maximum Gasteiger partial charge on any atom is 0.0487 e. The third-order valence-corrected chi connectivity index (χ3v) is 4.35. The minimum atomic E-state index is 0.820. The van der Waals surface area contributed by atoms with Gasteiger partial charge in [0.05, 0.1) is 0 Å². The molecule has 0 aliphatic heterocycles. The second kappa shape index (κ2) is 5.89. The third-order valence-electron chi connectivity index (χ3n) is 2.84. The fourth-order valence-electron chi connectivity index (χ4n) is 1.71. The largest absolute Gasteiger partial charge is 0.380 e. The Morgan fingerprint density at radius 1 is 0.944 bits per heavy atom. The van der Waals surface area contributed by atoms with E-state index in [1.165, 1.54) is 16.7 Å². The van der Waals surface area contributed by atoms with Crippen molar-refractivity contribution in [1.82, 2.24) is 0 Å². The van der Waals surface area contributed by atoms with Gasteiger partial charge in [0, 0.05) is 21.2 Å². The van der Waals surface area contributed by atoms with Crippen molar-refractivity contribution in [2.24, 2.45) is 0 Å². The number of aryl methyl sites for hydroxylation is 2. The van der Waals surface area contributed by atoms with Gasteiger partial charge in [0.15, 0.2) is 0 Å². The topological polar surface area (TPSA) is 12.0 Å². The second-order valence-electron chi connectivity index (χ2n) is 4.42. The van der Waals surface area contributed by atoms with Crippen molar-refractivity contribution in [3.8, 4) is 0 Å². The Hall–Kier alpha value is -0.800. The molecule has 0 aliphatic rings. The fraction of sp³-hybridized carbons (Fsp3) is 0.200. The van der Waals surface area contributed by atoms with Gasteiger partial charge in [-0.15, -0.1) is 0 Å². The lowest BCUT2D eigenvalue weighted by Crippen LogP contribution is -2.00. The highest BCUT2D eigenvalue weighted by Gasteiger charge is 2.01. The van der Waals surface area contributed by atoms with Crippen molar-refractivity contribution in [2.75, 3.05) is 5.32 Å². The van der Waals surface area contributed by atoms with Crippen LogP contribution in [0, 0.1) is 13.8 Å². The Morgan fingerprint density at radius 2 is 1.72 bits per heavy atom. The average molecular weight is 369 g/mol. The van der Waals surface area contributed by atoms with Crippen LogP contribution in [0.15, 0.2) is 45.3 Å². The molecule has 0 aromatic heterocycles. The van der Waals surface area contributed by atoms with Gasteiger partial charge in [-0.1, -0.05) is 34.1 Å². The van der Waals surface area contributed by atoms with Gasteiger partial charge in [-0.05, 0) is 64.7 Å². The van der Waals surface area contributed by atoms with Crippen molar-refractivity contribution in [2.45, 2.75) is 20.4 Å². The van der Waals surface area contributed by atoms with Gasteiger partial charge in [-0.25, -0.2) is 0 Å². The highest BCUT2D eigenvalue weighted by molar-refractivity contribution is 9.10. The Kier molecular flexibility index (Phi) is 4.46. The number of hydrogen-bond acceptors (Lipinski definition) is 1. The summed E-state index contributed by atoms with van der Waals surface area (Å²) < 4.78 is 2.26. The van der Waals surface area contributed by atoms with E-state index in [0.717, 1.165) is 21.2 Å². The minimum absolute atomic E-state index is 0.820. The monoisotopic (exact) mass is 367 g/mol. The van der Waals surface area contributed by atoms with Gasteiger partial charge < -0.3 is 5.32 Å². The van der Waals surface area contributed by atoms with Crippen molar-refractivity contribution < 1.29 is 0 Å². The van der Waals surface area contributed by atoms with E-state index in [4.69, 9.17) is 0 Å². The lowest BCUT2D eigenvalue weighted by molar-refractivity contribution is 1.13. The molecular formula is C15H15Br2N. The Morgan fingerprint density at radius 3 is 2.39 bits per heavy atom. The number of nitrogens with one attached hydrogen (secondary N) is 1. The molecule has 94 valence electrons. The molecule has 0 heterocycles. The lowest BCUT2D eigenvalue weighted by atomic mass is 10.1. The van der Waals surface area contributed by atoms with E-state index in [0.29, 0.717) is 0 Å². The van der Waals surface area contributed by atoms with E-state index in [9.17, 15) is 0 Å².